The van der Waals surface area contributed by atoms with Gasteiger partial charge >= 0.3 is 12.1 Å². The maximum absolute atomic E-state index is 13.2. The van der Waals surface area contributed by atoms with Crippen molar-refractivity contribution in [3.05, 3.63) is 35.9 Å². The average molecular weight is 416 g/mol. The molecule has 6 heteroatoms. The van der Waals surface area contributed by atoms with Crippen LogP contribution in [0.1, 0.15) is 58.4 Å². The van der Waals surface area contributed by atoms with Crippen LogP contribution >= 0.6 is 0 Å². The highest BCUT2D eigenvalue weighted by molar-refractivity contribution is 5.83. The minimum atomic E-state index is -0.798. The van der Waals surface area contributed by atoms with Gasteiger partial charge in [-0.15, -0.1) is 0 Å². The molecule has 4 fully saturated rings. The molecule has 2 heterocycles. The summed E-state index contributed by atoms with van der Waals surface area (Å²) in [6.07, 6.45) is 3.74. The summed E-state index contributed by atoms with van der Waals surface area (Å²) in [6, 6.07) is 8.50. The van der Waals surface area contributed by atoms with Crippen LogP contribution in [0.4, 0.5) is 4.79 Å². The molecular weight excluding hydrogens is 382 g/mol. The van der Waals surface area contributed by atoms with Crippen molar-refractivity contribution in [1.29, 1.82) is 0 Å². The van der Waals surface area contributed by atoms with Gasteiger partial charge in [0.05, 0.1) is 6.10 Å². The number of aliphatic hydroxyl groups excluding tert-OH is 1. The van der Waals surface area contributed by atoms with Gasteiger partial charge in [-0.05, 0) is 51.5 Å². The molecule has 6 nitrogen and oxygen atoms in total. The van der Waals surface area contributed by atoms with Gasteiger partial charge in [0.25, 0.3) is 0 Å². The van der Waals surface area contributed by atoms with E-state index in [0.717, 1.165) is 24.8 Å². The highest BCUT2D eigenvalue weighted by Gasteiger charge is 2.58. The molecule has 0 spiro atoms. The Morgan fingerprint density at radius 1 is 1.10 bits per heavy atom. The van der Waals surface area contributed by atoms with Gasteiger partial charge in [0.1, 0.15) is 18.2 Å². The summed E-state index contributed by atoms with van der Waals surface area (Å²) in [5.74, 6) is -0.132. The molecule has 2 saturated heterocycles. The van der Waals surface area contributed by atoms with E-state index in [0.29, 0.717) is 5.92 Å². The molecule has 164 valence electrons. The standard InChI is InChI=1S/C24H33NO5/c1-24(2,3)30-23(28)25-19-12-11-17(21(26)18(19)13-15-9-10-15)20(25)22(27)29-14-16-7-5-4-6-8-16/h4-8,15,17-21,26H,9-14H2,1-3H3/t17-,18?,19-,20-,21-/m0/s1. The zero-order valence-electron chi connectivity index (χ0n) is 18.1. The fourth-order valence-electron chi connectivity index (χ4n) is 5.10. The van der Waals surface area contributed by atoms with E-state index in [9.17, 15) is 14.7 Å². The SMILES string of the molecule is CC(C)(C)OC(=O)N1[C@H](C(=O)OCc2ccccc2)[C@@H]2CC[C@H]1C(CC1CC1)[C@H]2O. The molecular formula is C24H33NO5. The maximum Gasteiger partial charge on any atom is 0.411 e. The molecule has 2 aliphatic heterocycles. The van der Waals surface area contributed by atoms with Crippen LogP contribution in [0, 0.1) is 17.8 Å². The summed E-state index contributed by atoms with van der Waals surface area (Å²) >= 11 is 0. The van der Waals surface area contributed by atoms with Gasteiger partial charge in [-0.1, -0.05) is 43.2 Å². The predicted molar refractivity (Wildman–Crippen MR) is 111 cm³/mol. The lowest BCUT2D eigenvalue weighted by Gasteiger charge is -2.55. The number of carbonyl (C=O) groups is 2. The largest absolute Gasteiger partial charge is 0.459 e. The van der Waals surface area contributed by atoms with Crippen LogP contribution < -0.4 is 0 Å². The summed E-state index contributed by atoms with van der Waals surface area (Å²) in [4.78, 5) is 27.9. The van der Waals surface area contributed by atoms with Crippen LogP contribution in [0.15, 0.2) is 30.3 Å². The molecule has 5 atom stereocenters. The number of hydrogen-bond donors (Lipinski definition) is 1. The van der Waals surface area contributed by atoms with E-state index in [2.05, 4.69) is 0 Å². The minimum Gasteiger partial charge on any atom is -0.459 e. The number of rotatable bonds is 5. The zero-order chi connectivity index (χ0) is 21.5. The van der Waals surface area contributed by atoms with Crippen molar-refractivity contribution in [3.63, 3.8) is 0 Å². The summed E-state index contributed by atoms with van der Waals surface area (Å²) in [5, 5.41) is 11.1. The number of nitrogens with zero attached hydrogens (tertiary/aromatic N) is 1. The van der Waals surface area contributed by atoms with E-state index in [4.69, 9.17) is 9.47 Å². The fraction of sp³-hybridized carbons (Fsp3) is 0.667. The van der Waals surface area contributed by atoms with Crippen molar-refractivity contribution in [2.24, 2.45) is 17.8 Å². The Bertz CT molecular complexity index is 770. The smallest absolute Gasteiger partial charge is 0.411 e. The summed E-state index contributed by atoms with van der Waals surface area (Å²) < 4.78 is 11.3. The van der Waals surface area contributed by atoms with Gasteiger partial charge in [-0.3, -0.25) is 4.90 Å². The molecule has 1 amide bonds. The Morgan fingerprint density at radius 2 is 1.80 bits per heavy atom. The average Bonchev–Trinajstić information content (AvgIpc) is 3.51. The number of benzene rings is 1. The second-order valence-corrected chi connectivity index (χ2v) is 10.1. The molecule has 1 aromatic rings. The lowest BCUT2D eigenvalue weighted by molar-refractivity contribution is -0.176. The van der Waals surface area contributed by atoms with Gasteiger partial charge in [0.15, 0.2) is 0 Å². The summed E-state index contributed by atoms with van der Waals surface area (Å²) in [5.41, 5.74) is 0.236. The van der Waals surface area contributed by atoms with Gasteiger partial charge in [0.2, 0.25) is 0 Å². The third kappa shape index (κ3) is 4.48. The molecule has 30 heavy (non-hydrogen) atoms. The maximum atomic E-state index is 13.2. The minimum absolute atomic E-state index is 0.00180. The number of hydrogen-bond acceptors (Lipinski definition) is 5. The molecule has 1 N–H and O–H groups in total. The molecule has 5 rings (SSSR count). The van der Waals surface area contributed by atoms with Crippen LogP contribution in [0.2, 0.25) is 0 Å². The molecule has 4 aliphatic rings. The molecule has 0 radical (unpaired) electrons. The lowest BCUT2D eigenvalue weighted by atomic mass is 9.65. The summed E-state index contributed by atoms with van der Waals surface area (Å²) in [6.45, 7) is 5.63. The monoisotopic (exact) mass is 415 g/mol. The summed E-state index contributed by atoms with van der Waals surface area (Å²) in [7, 11) is 0. The van der Waals surface area contributed by atoms with E-state index in [-0.39, 0.29) is 24.5 Å². The molecule has 1 unspecified atom stereocenters. The zero-order valence-corrected chi connectivity index (χ0v) is 18.1. The van der Waals surface area contributed by atoms with Crippen LogP contribution in [0.5, 0.6) is 0 Å². The van der Waals surface area contributed by atoms with Gasteiger partial charge in [-0.25, -0.2) is 9.59 Å². The number of amides is 1. The number of aliphatic hydroxyl groups is 1. The second kappa shape index (κ2) is 8.22. The van der Waals surface area contributed by atoms with Gasteiger partial charge in [0, 0.05) is 17.9 Å². The van der Waals surface area contributed by atoms with Crippen LogP contribution in [0.3, 0.4) is 0 Å². The van der Waals surface area contributed by atoms with E-state index in [1.54, 1.807) is 4.90 Å². The normalized spacial score (nSPS) is 30.8. The van der Waals surface area contributed by atoms with Crippen molar-refractivity contribution >= 4 is 12.1 Å². The quantitative estimate of drug-likeness (QED) is 0.738. The lowest BCUT2D eigenvalue weighted by Crippen LogP contribution is -2.69. The van der Waals surface area contributed by atoms with E-state index in [1.807, 2.05) is 51.1 Å². The van der Waals surface area contributed by atoms with Crippen molar-refractivity contribution in [2.75, 3.05) is 0 Å². The second-order valence-electron chi connectivity index (χ2n) is 10.1. The number of carbonyl (C=O) groups excluding carboxylic acids is 2. The van der Waals surface area contributed by atoms with Crippen molar-refractivity contribution in [3.8, 4) is 0 Å². The van der Waals surface area contributed by atoms with Crippen molar-refractivity contribution in [1.82, 2.24) is 4.90 Å². The third-order valence-corrected chi connectivity index (χ3v) is 6.60. The number of ether oxygens (including phenoxy) is 2. The third-order valence-electron chi connectivity index (χ3n) is 6.60. The first-order valence-corrected chi connectivity index (χ1v) is 11.1. The highest BCUT2D eigenvalue weighted by Crippen LogP contribution is 2.49. The molecule has 2 aliphatic carbocycles. The molecule has 0 aromatic heterocycles. The van der Waals surface area contributed by atoms with Gasteiger partial charge < -0.3 is 14.6 Å². The molecule has 1 aromatic carbocycles. The highest BCUT2D eigenvalue weighted by atomic mass is 16.6. The first-order valence-electron chi connectivity index (χ1n) is 11.1. The Labute approximate surface area is 178 Å². The van der Waals surface area contributed by atoms with E-state index >= 15 is 0 Å². The Balaban J connectivity index is 1.55. The molecule has 2 bridgehead atoms. The van der Waals surface area contributed by atoms with E-state index < -0.39 is 29.8 Å². The van der Waals surface area contributed by atoms with Gasteiger partial charge in [-0.2, -0.15) is 0 Å². The van der Waals surface area contributed by atoms with Crippen LogP contribution in [-0.4, -0.2) is 45.9 Å². The number of fused-ring (bicyclic) bond motifs is 3. The Hall–Kier alpha value is -2.08. The number of esters is 1. The topological polar surface area (TPSA) is 76.1 Å². The van der Waals surface area contributed by atoms with E-state index in [1.165, 1.54) is 12.8 Å². The van der Waals surface area contributed by atoms with Crippen LogP contribution in [0.25, 0.3) is 0 Å². The first kappa shape index (κ1) is 21.2. The van der Waals surface area contributed by atoms with Crippen molar-refractivity contribution < 1.29 is 24.2 Å². The number of piperidine rings is 2. The fourth-order valence-corrected chi connectivity index (χ4v) is 5.10. The van der Waals surface area contributed by atoms with Crippen molar-refractivity contribution in [2.45, 2.75) is 83.3 Å². The Kier molecular flexibility index (Phi) is 5.80. The first-order chi connectivity index (χ1) is 14.2. The predicted octanol–water partition coefficient (Wildman–Crippen LogP) is 3.90. The Morgan fingerprint density at radius 3 is 2.43 bits per heavy atom. The van der Waals surface area contributed by atoms with Crippen LogP contribution in [-0.2, 0) is 20.9 Å². The molecule has 2 saturated carbocycles.